The Morgan fingerprint density at radius 2 is 0.691 bits per heavy atom. The van der Waals surface area contributed by atoms with Crippen molar-refractivity contribution < 1.29 is 0 Å². The Morgan fingerprint density at radius 3 is 1.16 bits per heavy atom. The van der Waals surface area contributed by atoms with E-state index in [1.54, 1.807) is 0 Å². The summed E-state index contributed by atoms with van der Waals surface area (Å²) in [4.78, 5) is 5.19. The van der Waals surface area contributed by atoms with Crippen molar-refractivity contribution in [1.82, 2.24) is 0 Å². The first kappa shape index (κ1) is 59.8. The van der Waals surface area contributed by atoms with E-state index in [4.69, 9.17) is 11.6 Å². The summed E-state index contributed by atoms with van der Waals surface area (Å²) in [5, 5.41) is 0.641. The second kappa shape index (κ2) is 23.4. The van der Waals surface area contributed by atoms with Gasteiger partial charge in [-0.3, -0.25) is 0 Å². The van der Waals surface area contributed by atoms with Gasteiger partial charge in [-0.25, -0.2) is 0 Å². The van der Waals surface area contributed by atoms with Crippen LogP contribution in [0.1, 0.15) is 74.9 Å². The second-order valence-corrected chi connectivity index (χ2v) is 28.9. The molecule has 2 nitrogen and oxygen atoms in total. The monoisotopic (exact) mass is 1260 g/mol. The van der Waals surface area contributed by atoms with Crippen molar-refractivity contribution in [2.24, 2.45) is 0 Å². The van der Waals surface area contributed by atoms with Gasteiger partial charge in [-0.05, 0) is 140 Å². The third-order valence-corrected chi connectivity index (χ3v) is 20.9. The summed E-state index contributed by atoms with van der Waals surface area (Å²) >= 11 is 8.06. The summed E-state index contributed by atoms with van der Waals surface area (Å²) in [5.74, 6) is 0. The molecule has 0 radical (unpaired) electrons. The van der Waals surface area contributed by atoms with Gasteiger partial charge >= 0.3 is 0 Å². The number of para-hydroxylation sites is 2. The molecule has 0 saturated carbocycles. The maximum Gasteiger partial charge on any atom is 0.252 e. The lowest BCUT2D eigenvalue weighted by atomic mass is 9.33. The van der Waals surface area contributed by atoms with Gasteiger partial charge < -0.3 is 9.80 Å². The number of nitrogens with zero attached hydrogens (tertiary/aromatic N) is 2. The highest BCUT2D eigenvalue weighted by Gasteiger charge is 2.49. The molecule has 3 aliphatic rings. The molecule has 14 aromatic carbocycles. The van der Waals surface area contributed by atoms with Crippen LogP contribution in [0.25, 0.3) is 77.9 Å². The molecule has 0 atom stereocenters. The molecule has 17 rings (SSSR count). The summed E-state index contributed by atoms with van der Waals surface area (Å²) in [6.45, 7) is 13.8. The number of anilines is 6. The van der Waals surface area contributed by atoms with Crippen LogP contribution in [0.5, 0.6) is 0 Å². The average molecular weight is 1260 g/mol. The molecule has 14 aromatic rings. The third kappa shape index (κ3) is 9.84. The topological polar surface area (TPSA) is 6.48 Å². The van der Waals surface area contributed by atoms with Gasteiger partial charge in [0, 0.05) is 50.0 Å². The van der Waals surface area contributed by atoms with Crippen LogP contribution >= 0.6 is 11.6 Å². The van der Waals surface area contributed by atoms with E-state index in [2.05, 4.69) is 379 Å². The summed E-state index contributed by atoms with van der Waals surface area (Å²) in [6, 6.07) is 123. The van der Waals surface area contributed by atoms with E-state index in [-0.39, 0.29) is 17.5 Å². The lowest BCUT2D eigenvalue weighted by molar-refractivity contribution is 0.569. The Kier molecular flexibility index (Phi) is 14.4. The van der Waals surface area contributed by atoms with E-state index < -0.39 is 5.41 Å². The van der Waals surface area contributed by atoms with Crippen LogP contribution in [0, 0.1) is 0 Å². The molecule has 1 aliphatic carbocycles. The second-order valence-electron chi connectivity index (χ2n) is 28.4. The van der Waals surface area contributed by atoms with Gasteiger partial charge in [-0.2, -0.15) is 0 Å². The highest BCUT2D eigenvalue weighted by molar-refractivity contribution is 7.00. The smallest absolute Gasteiger partial charge is 0.252 e. The van der Waals surface area contributed by atoms with Crippen molar-refractivity contribution >= 4 is 68.8 Å². The quantitative estimate of drug-likeness (QED) is 0.126. The van der Waals surface area contributed by atoms with E-state index in [1.807, 2.05) is 0 Å². The largest absolute Gasteiger partial charge is 0.310 e. The molecule has 0 unspecified atom stereocenters. The normalized spacial score (nSPS) is 13.3. The van der Waals surface area contributed by atoms with E-state index in [0.29, 0.717) is 5.02 Å². The number of rotatable bonds is 10. The van der Waals surface area contributed by atoms with Gasteiger partial charge in [0.05, 0.1) is 16.8 Å². The van der Waals surface area contributed by atoms with E-state index in [1.165, 1.54) is 77.6 Å². The standard InChI is InChI=1S/C93H72BClN2/c1-91(2,3)70-54-67(55-71(58-70)92(4,5)6)65-51-53-83-82(56-65)94-81-52-50-66(73-43-27-48-79-78-42-25-26-49-80(78)93(87(73)79,68-38-21-11-22-39-68)69-40-23-12-24-41-69)57-84(81)97(90-76(63-34-17-9-18-35-63)46-29-47-77(90)64-36-19-10-20-37-64)86-60-72(95)59-85(88(86)94)96(83)89-74(61-30-13-7-14-31-61)44-28-45-75(89)62-32-15-8-16-33-62/h7-60H,1-6H3. The molecule has 0 bridgehead atoms. The Bertz CT molecular complexity index is 5180. The van der Waals surface area contributed by atoms with Crippen molar-refractivity contribution in [3.05, 3.63) is 366 Å². The van der Waals surface area contributed by atoms with Crippen LogP contribution in [-0.4, -0.2) is 6.71 Å². The predicted molar refractivity (Wildman–Crippen MR) is 413 cm³/mol. The molecule has 4 heteroatoms. The van der Waals surface area contributed by atoms with Crippen LogP contribution in [0.4, 0.5) is 34.1 Å². The molecular formula is C93H72BClN2. The number of hydrogen-bond acceptors (Lipinski definition) is 2. The van der Waals surface area contributed by atoms with Crippen molar-refractivity contribution in [2.45, 2.75) is 57.8 Å². The van der Waals surface area contributed by atoms with Gasteiger partial charge in [0.25, 0.3) is 6.71 Å². The summed E-state index contributed by atoms with van der Waals surface area (Å²) in [7, 11) is 0. The highest BCUT2D eigenvalue weighted by atomic mass is 35.5. The SMILES string of the molecule is CC(C)(C)c1cc(-c2ccc3c(c2)B2c4ccc(-c5cccc6c5C(c5ccccc5)(c5ccccc5)c5ccccc5-6)cc4N(c4c(-c5ccccc5)cccc4-c4ccccc4)c4cc(Cl)cc(c42)N3c2c(-c3ccccc3)cccc2-c2ccccc2)cc(C(C)(C)C)c1. The van der Waals surface area contributed by atoms with Gasteiger partial charge in [0.2, 0.25) is 0 Å². The first-order valence-corrected chi connectivity index (χ1v) is 34.4. The number of benzene rings is 14. The first-order valence-electron chi connectivity index (χ1n) is 34.0. The zero-order chi connectivity index (χ0) is 65.7. The lowest BCUT2D eigenvalue weighted by Crippen LogP contribution is -2.61. The molecular weight excluding hydrogens is 1190 g/mol. The van der Waals surface area contributed by atoms with Crippen LogP contribution < -0.4 is 26.2 Å². The van der Waals surface area contributed by atoms with Crippen LogP contribution in [0.3, 0.4) is 0 Å². The van der Waals surface area contributed by atoms with Crippen molar-refractivity contribution in [3.63, 3.8) is 0 Å². The molecule has 2 aliphatic heterocycles. The summed E-state index contributed by atoms with van der Waals surface area (Å²) < 4.78 is 0. The Hall–Kier alpha value is -11.0. The molecule has 2 heterocycles. The van der Waals surface area contributed by atoms with Crippen molar-refractivity contribution in [2.75, 3.05) is 9.80 Å². The Labute approximate surface area is 576 Å². The molecule has 464 valence electrons. The minimum Gasteiger partial charge on any atom is -0.310 e. The minimum atomic E-state index is -0.649. The fourth-order valence-electron chi connectivity index (χ4n) is 16.2. The summed E-state index contributed by atoms with van der Waals surface area (Å²) in [6.07, 6.45) is 0. The maximum absolute atomic E-state index is 8.06. The average Bonchev–Trinajstić information content (AvgIpc) is 1.22. The minimum absolute atomic E-state index is 0.0925. The van der Waals surface area contributed by atoms with Crippen LogP contribution in [0.2, 0.25) is 5.02 Å². The number of halogens is 1. The van der Waals surface area contributed by atoms with E-state index >= 15 is 0 Å². The molecule has 97 heavy (non-hydrogen) atoms. The molecule has 0 fully saturated rings. The van der Waals surface area contributed by atoms with Crippen molar-refractivity contribution in [1.29, 1.82) is 0 Å². The van der Waals surface area contributed by atoms with Crippen LogP contribution in [0.15, 0.2) is 328 Å². The van der Waals surface area contributed by atoms with Crippen molar-refractivity contribution in [3.8, 4) is 77.9 Å². The van der Waals surface area contributed by atoms with E-state index in [0.717, 1.165) is 84.2 Å². The molecule has 0 amide bonds. The molecule has 0 N–H and O–H groups in total. The Morgan fingerprint density at radius 1 is 0.289 bits per heavy atom. The predicted octanol–water partition coefficient (Wildman–Crippen LogP) is 23.4. The number of fused-ring (bicyclic) bond motifs is 7. The van der Waals surface area contributed by atoms with Gasteiger partial charge in [0.1, 0.15) is 0 Å². The van der Waals surface area contributed by atoms with Gasteiger partial charge in [0.15, 0.2) is 0 Å². The fourth-order valence-corrected chi connectivity index (χ4v) is 16.4. The zero-order valence-electron chi connectivity index (χ0n) is 55.5. The third-order valence-electron chi connectivity index (χ3n) is 20.7. The first-order chi connectivity index (χ1) is 47.3. The fraction of sp³-hybridized carbons (Fsp3) is 0.0968. The highest BCUT2D eigenvalue weighted by Crippen LogP contribution is 2.60. The van der Waals surface area contributed by atoms with Gasteiger partial charge in [-0.1, -0.05) is 356 Å². The molecule has 0 aromatic heterocycles. The lowest BCUT2D eigenvalue weighted by Gasteiger charge is -2.46. The van der Waals surface area contributed by atoms with E-state index in [9.17, 15) is 0 Å². The maximum atomic E-state index is 8.06. The molecule has 0 saturated heterocycles. The van der Waals surface area contributed by atoms with Gasteiger partial charge in [-0.15, -0.1) is 0 Å². The zero-order valence-corrected chi connectivity index (χ0v) is 56.3. The molecule has 0 spiro atoms. The summed E-state index contributed by atoms with van der Waals surface area (Å²) in [5.41, 5.74) is 32.9. The number of hydrogen-bond donors (Lipinski definition) is 0. The Balaban J connectivity index is 1.02. The van der Waals surface area contributed by atoms with Crippen LogP contribution in [-0.2, 0) is 16.2 Å².